The highest BCUT2D eigenvalue weighted by Crippen LogP contribution is 2.25. The summed E-state index contributed by atoms with van der Waals surface area (Å²) in [7, 11) is 0. The Bertz CT molecular complexity index is 426. The van der Waals surface area contributed by atoms with Crippen LogP contribution in [0.2, 0.25) is 5.02 Å². The van der Waals surface area contributed by atoms with Gasteiger partial charge in [-0.05, 0) is 12.3 Å². The predicted octanol–water partition coefficient (Wildman–Crippen LogP) is 2.46. The zero-order valence-electron chi connectivity index (χ0n) is 10.3. The molecule has 0 saturated carbocycles. The second kappa shape index (κ2) is 6.51. The summed E-state index contributed by atoms with van der Waals surface area (Å²) in [6.45, 7) is 4.07. The lowest BCUT2D eigenvalue weighted by molar-refractivity contribution is -0.385. The van der Waals surface area contributed by atoms with E-state index in [4.69, 9.17) is 16.7 Å². The summed E-state index contributed by atoms with van der Waals surface area (Å²) in [4.78, 5) is 13.9. The van der Waals surface area contributed by atoms with Crippen molar-refractivity contribution in [2.24, 2.45) is 5.92 Å². The fourth-order valence-corrected chi connectivity index (χ4v) is 1.74. The van der Waals surface area contributed by atoms with Crippen molar-refractivity contribution in [3.63, 3.8) is 0 Å². The molecular weight excluding hydrogens is 258 g/mol. The number of halogens is 1. The highest BCUT2D eigenvalue weighted by Gasteiger charge is 2.16. The monoisotopic (exact) mass is 273 g/mol. The first-order valence-electron chi connectivity index (χ1n) is 5.63. The molecule has 0 saturated heterocycles. The van der Waals surface area contributed by atoms with Gasteiger partial charge in [0.1, 0.15) is 12.0 Å². The van der Waals surface area contributed by atoms with Crippen LogP contribution >= 0.6 is 11.6 Å². The molecule has 0 aliphatic rings. The van der Waals surface area contributed by atoms with Crippen LogP contribution in [-0.4, -0.2) is 27.7 Å². The maximum atomic E-state index is 10.6. The molecule has 100 valence electrons. The van der Waals surface area contributed by atoms with Crippen LogP contribution in [0.15, 0.2) is 12.3 Å². The van der Waals surface area contributed by atoms with Gasteiger partial charge in [0.05, 0.1) is 9.95 Å². The second-order valence-corrected chi connectivity index (χ2v) is 4.70. The van der Waals surface area contributed by atoms with Gasteiger partial charge in [-0.3, -0.25) is 10.1 Å². The largest absolute Gasteiger partial charge is 0.396 e. The number of nitrogens with one attached hydrogen (secondary N) is 1. The van der Waals surface area contributed by atoms with Gasteiger partial charge in [0.15, 0.2) is 0 Å². The van der Waals surface area contributed by atoms with E-state index in [9.17, 15) is 10.1 Å². The molecule has 7 heteroatoms. The van der Waals surface area contributed by atoms with E-state index in [0.717, 1.165) is 6.20 Å². The summed E-state index contributed by atoms with van der Waals surface area (Å²) in [5, 5.41) is 22.8. The number of aliphatic hydroxyl groups is 1. The minimum absolute atomic E-state index is 0.0152. The Morgan fingerprint density at radius 2 is 2.28 bits per heavy atom. The maximum absolute atomic E-state index is 10.6. The molecular formula is C11H16ClN3O3. The fourth-order valence-electron chi connectivity index (χ4n) is 1.52. The minimum atomic E-state index is -0.545. The number of hydrogen-bond acceptors (Lipinski definition) is 5. The third kappa shape index (κ3) is 3.82. The van der Waals surface area contributed by atoms with Crippen molar-refractivity contribution < 1.29 is 10.0 Å². The Kier molecular flexibility index (Phi) is 5.30. The Morgan fingerprint density at radius 1 is 1.61 bits per heavy atom. The quantitative estimate of drug-likeness (QED) is 0.614. The zero-order valence-corrected chi connectivity index (χ0v) is 11.0. The number of pyridine rings is 1. The number of nitro groups is 1. The fraction of sp³-hybridized carbons (Fsp3) is 0.545. The number of rotatable bonds is 6. The van der Waals surface area contributed by atoms with Gasteiger partial charge in [-0.2, -0.15) is 0 Å². The molecule has 0 amide bonds. The van der Waals surface area contributed by atoms with Crippen molar-refractivity contribution in [3.05, 3.63) is 27.4 Å². The van der Waals surface area contributed by atoms with E-state index in [1.807, 2.05) is 13.8 Å². The number of nitrogens with zero attached hydrogens (tertiary/aromatic N) is 2. The van der Waals surface area contributed by atoms with Gasteiger partial charge in [0.2, 0.25) is 0 Å². The molecule has 2 N–H and O–H groups in total. The first kappa shape index (κ1) is 14.7. The number of hydrogen-bond donors (Lipinski definition) is 2. The average Bonchev–Trinajstić information content (AvgIpc) is 2.30. The molecule has 1 aromatic rings. The van der Waals surface area contributed by atoms with Gasteiger partial charge in [-0.15, -0.1) is 0 Å². The lowest BCUT2D eigenvalue weighted by Gasteiger charge is -2.22. The summed E-state index contributed by atoms with van der Waals surface area (Å²) in [5.74, 6) is 0.680. The molecule has 1 aromatic heterocycles. The third-order valence-corrected chi connectivity index (χ3v) is 2.89. The number of aromatic nitrogens is 1. The Morgan fingerprint density at radius 3 is 2.72 bits per heavy atom. The molecule has 0 bridgehead atoms. The topological polar surface area (TPSA) is 88.3 Å². The van der Waals surface area contributed by atoms with Gasteiger partial charge in [0, 0.05) is 18.7 Å². The molecule has 18 heavy (non-hydrogen) atoms. The van der Waals surface area contributed by atoms with Crippen LogP contribution in [0.5, 0.6) is 0 Å². The van der Waals surface area contributed by atoms with Gasteiger partial charge < -0.3 is 10.4 Å². The van der Waals surface area contributed by atoms with E-state index in [2.05, 4.69) is 10.3 Å². The summed E-state index contributed by atoms with van der Waals surface area (Å²) in [6, 6.07) is 1.27. The van der Waals surface area contributed by atoms with E-state index in [-0.39, 0.29) is 29.3 Å². The smallest absolute Gasteiger partial charge is 0.289 e. The number of aliphatic hydroxyl groups excluding tert-OH is 1. The van der Waals surface area contributed by atoms with Crippen LogP contribution in [0.4, 0.5) is 11.5 Å². The molecule has 1 rings (SSSR count). The van der Waals surface area contributed by atoms with E-state index in [1.165, 1.54) is 6.07 Å². The van der Waals surface area contributed by atoms with Crippen molar-refractivity contribution in [1.82, 2.24) is 4.98 Å². The first-order chi connectivity index (χ1) is 8.45. The van der Waals surface area contributed by atoms with Crippen molar-refractivity contribution in [2.75, 3.05) is 11.9 Å². The van der Waals surface area contributed by atoms with E-state index in [1.54, 1.807) is 0 Å². The summed E-state index contributed by atoms with van der Waals surface area (Å²) in [6.07, 6.45) is 1.72. The molecule has 6 nitrogen and oxygen atoms in total. The molecule has 0 aromatic carbocycles. The standard InChI is InChI=1S/C11H16ClN3O3/c1-7(2)10(3-4-16)14-11-9(12)5-8(6-13-11)15(17)18/h5-7,10,16H,3-4H2,1-2H3,(H,13,14)/t10-/m0/s1. The minimum Gasteiger partial charge on any atom is -0.396 e. The number of anilines is 1. The summed E-state index contributed by atoms with van der Waals surface area (Å²) in [5.41, 5.74) is -0.145. The van der Waals surface area contributed by atoms with Crippen LogP contribution in [-0.2, 0) is 0 Å². The molecule has 0 spiro atoms. The normalized spacial score (nSPS) is 12.5. The molecule has 1 heterocycles. The highest BCUT2D eigenvalue weighted by atomic mass is 35.5. The molecule has 0 aliphatic carbocycles. The van der Waals surface area contributed by atoms with Crippen molar-refractivity contribution >= 4 is 23.1 Å². The van der Waals surface area contributed by atoms with Gasteiger partial charge in [-0.25, -0.2) is 4.98 Å². The van der Waals surface area contributed by atoms with Crippen molar-refractivity contribution in [1.29, 1.82) is 0 Å². The van der Waals surface area contributed by atoms with Gasteiger partial charge in [-0.1, -0.05) is 25.4 Å². The Labute approximate surface area is 110 Å². The second-order valence-electron chi connectivity index (χ2n) is 4.29. The Hall–Kier alpha value is -1.40. The van der Waals surface area contributed by atoms with Crippen LogP contribution in [0.1, 0.15) is 20.3 Å². The van der Waals surface area contributed by atoms with E-state index >= 15 is 0 Å². The van der Waals surface area contributed by atoms with Crippen molar-refractivity contribution in [3.8, 4) is 0 Å². The van der Waals surface area contributed by atoms with Crippen LogP contribution in [0.3, 0.4) is 0 Å². The SMILES string of the molecule is CC(C)[C@H](CCO)Nc1ncc([N+](=O)[O-])cc1Cl. The predicted molar refractivity (Wildman–Crippen MR) is 69.9 cm³/mol. The molecule has 0 fully saturated rings. The van der Waals surface area contributed by atoms with Crippen LogP contribution in [0, 0.1) is 16.0 Å². The third-order valence-electron chi connectivity index (χ3n) is 2.60. The lowest BCUT2D eigenvalue weighted by Crippen LogP contribution is -2.27. The first-order valence-corrected chi connectivity index (χ1v) is 6.00. The molecule has 0 aliphatic heterocycles. The van der Waals surface area contributed by atoms with Crippen LogP contribution < -0.4 is 5.32 Å². The molecule has 0 radical (unpaired) electrons. The van der Waals surface area contributed by atoms with Gasteiger partial charge in [0.25, 0.3) is 5.69 Å². The van der Waals surface area contributed by atoms with Crippen molar-refractivity contribution in [2.45, 2.75) is 26.3 Å². The molecule has 1 atom stereocenters. The summed E-state index contributed by atoms with van der Waals surface area (Å²) >= 11 is 5.93. The van der Waals surface area contributed by atoms with Crippen LogP contribution in [0.25, 0.3) is 0 Å². The van der Waals surface area contributed by atoms with E-state index in [0.29, 0.717) is 12.2 Å². The highest BCUT2D eigenvalue weighted by molar-refractivity contribution is 6.33. The summed E-state index contributed by atoms with van der Waals surface area (Å²) < 4.78 is 0. The maximum Gasteiger partial charge on any atom is 0.289 e. The lowest BCUT2D eigenvalue weighted by atomic mass is 10.0. The van der Waals surface area contributed by atoms with E-state index < -0.39 is 4.92 Å². The van der Waals surface area contributed by atoms with Gasteiger partial charge >= 0.3 is 0 Å². The zero-order chi connectivity index (χ0) is 13.7. The average molecular weight is 274 g/mol. The molecule has 0 unspecified atom stereocenters. The Balaban J connectivity index is 2.86.